The highest BCUT2D eigenvalue weighted by atomic mass is 32.2. The summed E-state index contributed by atoms with van der Waals surface area (Å²) in [6.45, 7) is 0.585. The van der Waals surface area contributed by atoms with Gasteiger partial charge < -0.3 is 10.0 Å². The Kier molecular flexibility index (Phi) is 4.81. The number of carbonyl (C=O) groups excluding carboxylic acids is 2. The van der Waals surface area contributed by atoms with E-state index in [0.717, 1.165) is 17.3 Å². The fourth-order valence-corrected chi connectivity index (χ4v) is 2.56. The third kappa shape index (κ3) is 3.85. The van der Waals surface area contributed by atoms with Gasteiger partial charge in [-0.05, 0) is 23.7 Å². The number of rotatable bonds is 5. The van der Waals surface area contributed by atoms with E-state index in [-0.39, 0.29) is 11.1 Å². The molecule has 1 fully saturated rings. The lowest BCUT2D eigenvalue weighted by atomic mass is 10.1. The maximum atomic E-state index is 11.4. The van der Waals surface area contributed by atoms with Crippen LogP contribution in [0.2, 0.25) is 0 Å². The van der Waals surface area contributed by atoms with Gasteiger partial charge in [-0.1, -0.05) is 30.3 Å². The molecule has 2 amide bonds. The summed E-state index contributed by atoms with van der Waals surface area (Å²) in [5.74, 6) is -0.365. The summed E-state index contributed by atoms with van der Waals surface area (Å²) < 4.78 is 0. The second kappa shape index (κ2) is 6.58. The van der Waals surface area contributed by atoms with E-state index in [2.05, 4.69) is 5.32 Å². The summed E-state index contributed by atoms with van der Waals surface area (Å²) in [6, 6.07) is 9.43. The van der Waals surface area contributed by atoms with Crippen LogP contribution in [0.5, 0.6) is 0 Å². The van der Waals surface area contributed by atoms with E-state index in [9.17, 15) is 14.7 Å². The van der Waals surface area contributed by atoms with E-state index in [1.165, 1.54) is 0 Å². The minimum Gasteiger partial charge on any atom is -0.388 e. The number of hydrogen-bond acceptors (Lipinski definition) is 5. The van der Waals surface area contributed by atoms with Gasteiger partial charge in [-0.2, -0.15) is 0 Å². The van der Waals surface area contributed by atoms with Gasteiger partial charge in [0, 0.05) is 19.8 Å². The maximum absolute atomic E-state index is 11.4. The Morgan fingerprint density at radius 1 is 1.35 bits per heavy atom. The standard InChI is InChI=1S/C14H16N2O3S/c1-16(9-12-13(18)15-14(19)20-12)8-7-11(17)10-5-3-2-4-6-10/h2-6,9,11,17H,7-8H2,1H3,(H,15,18,19)/b12-9-. The Hall–Kier alpha value is -1.79. The van der Waals surface area contributed by atoms with Gasteiger partial charge in [0.05, 0.1) is 11.0 Å². The van der Waals surface area contributed by atoms with E-state index in [1.807, 2.05) is 30.3 Å². The van der Waals surface area contributed by atoms with Crippen LogP contribution in [0, 0.1) is 0 Å². The van der Waals surface area contributed by atoms with E-state index >= 15 is 0 Å². The van der Waals surface area contributed by atoms with Crippen molar-refractivity contribution in [2.24, 2.45) is 0 Å². The quantitative estimate of drug-likeness (QED) is 0.811. The Morgan fingerprint density at radius 2 is 2.05 bits per heavy atom. The first-order chi connectivity index (χ1) is 9.56. The van der Waals surface area contributed by atoms with Gasteiger partial charge in [0.2, 0.25) is 0 Å². The lowest BCUT2D eigenvalue weighted by Gasteiger charge is -2.17. The molecule has 2 N–H and O–H groups in total. The monoisotopic (exact) mass is 292 g/mol. The number of amides is 2. The topological polar surface area (TPSA) is 69.6 Å². The number of aliphatic hydroxyl groups is 1. The SMILES string of the molecule is CN(/C=C1\SC(=O)NC1=O)CCC(O)c1ccccc1. The normalized spacial score (nSPS) is 18.2. The number of aliphatic hydroxyl groups excluding tert-OH is 1. The Labute approximate surface area is 121 Å². The van der Waals surface area contributed by atoms with Crippen LogP contribution in [0.3, 0.4) is 0 Å². The van der Waals surface area contributed by atoms with Crippen molar-refractivity contribution in [1.29, 1.82) is 0 Å². The van der Waals surface area contributed by atoms with Gasteiger partial charge in [0.25, 0.3) is 11.1 Å². The zero-order chi connectivity index (χ0) is 14.5. The van der Waals surface area contributed by atoms with Gasteiger partial charge in [-0.25, -0.2) is 0 Å². The van der Waals surface area contributed by atoms with Crippen molar-refractivity contribution >= 4 is 22.9 Å². The fraction of sp³-hybridized carbons (Fsp3) is 0.286. The molecule has 20 heavy (non-hydrogen) atoms. The van der Waals surface area contributed by atoms with Crippen molar-refractivity contribution in [2.45, 2.75) is 12.5 Å². The molecule has 1 aromatic carbocycles. The second-order valence-electron chi connectivity index (χ2n) is 4.53. The zero-order valence-electron chi connectivity index (χ0n) is 11.1. The van der Waals surface area contributed by atoms with E-state index < -0.39 is 6.10 Å². The van der Waals surface area contributed by atoms with Crippen LogP contribution in [-0.2, 0) is 4.79 Å². The summed E-state index contributed by atoms with van der Waals surface area (Å²) in [6.07, 6.45) is 1.64. The molecule has 0 aliphatic carbocycles. The molecular weight excluding hydrogens is 276 g/mol. The van der Waals surface area contributed by atoms with Crippen LogP contribution < -0.4 is 5.32 Å². The minimum atomic E-state index is -0.538. The molecule has 1 unspecified atom stereocenters. The van der Waals surface area contributed by atoms with Gasteiger partial charge in [0.15, 0.2) is 0 Å². The van der Waals surface area contributed by atoms with Gasteiger partial charge in [-0.3, -0.25) is 14.9 Å². The fourth-order valence-electron chi connectivity index (χ4n) is 1.84. The van der Waals surface area contributed by atoms with Crippen LogP contribution in [0.4, 0.5) is 4.79 Å². The number of hydrogen-bond donors (Lipinski definition) is 2. The van der Waals surface area contributed by atoms with Crippen LogP contribution >= 0.6 is 11.8 Å². The van der Waals surface area contributed by atoms with E-state index in [1.54, 1.807) is 18.1 Å². The molecule has 1 aromatic rings. The number of nitrogens with one attached hydrogen (secondary N) is 1. The predicted octanol–water partition coefficient (Wildman–Crippen LogP) is 1.87. The molecular formula is C14H16N2O3S. The summed E-state index contributed by atoms with van der Waals surface area (Å²) in [4.78, 5) is 24.6. The van der Waals surface area contributed by atoms with E-state index in [4.69, 9.17) is 0 Å². The molecule has 0 aromatic heterocycles. The molecule has 0 saturated carbocycles. The third-order valence-corrected chi connectivity index (χ3v) is 3.72. The number of carbonyl (C=O) groups is 2. The predicted molar refractivity (Wildman–Crippen MR) is 77.9 cm³/mol. The van der Waals surface area contributed by atoms with Crippen molar-refractivity contribution in [3.63, 3.8) is 0 Å². The molecule has 5 nitrogen and oxygen atoms in total. The van der Waals surface area contributed by atoms with Crippen LogP contribution in [0.25, 0.3) is 0 Å². The Bertz CT molecular complexity index is 530. The molecule has 0 spiro atoms. The van der Waals surface area contributed by atoms with Crippen molar-refractivity contribution in [3.8, 4) is 0 Å². The molecule has 6 heteroatoms. The molecule has 1 aliphatic rings. The molecule has 1 atom stereocenters. The largest absolute Gasteiger partial charge is 0.388 e. The molecule has 0 bridgehead atoms. The minimum absolute atomic E-state index is 0.348. The number of thioether (sulfide) groups is 1. The first-order valence-electron chi connectivity index (χ1n) is 6.24. The second-order valence-corrected chi connectivity index (χ2v) is 5.55. The van der Waals surface area contributed by atoms with Gasteiger partial charge >= 0.3 is 0 Å². The lowest BCUT2D eigenvalue weighted by molar-refractivity contribution is -0.115. The molecule has 1 aliphatic heterocycles. The first-order valence-corrected chi connectivity index (χ1v) is 7.06. The molecule has 1 heterocycles. The highest BCUT2D eigenvalue weighted by molar-refractivity contribution is 8.18. The van der Waals surface area contributed by atoms with Crippen molar-refractivity contribution in [3.05, 3.63) is 47.0 Å². The van der Waals surface area contributed by atoms with Crippen LogP contribution in [-0.4, -0.2) is 34.7 Å². The molecule has 1 saturated heterocycles. The Balaban J connectivity index is 1.86. The number of benzene rings is 1. The summed E-state index contributed by atoms with van der Waals surface area (Å²) >= 11 is 0.890. The first kappa shape index (κ1) is 14.6. The average Bonchev–Trinajstić information content (AvgIpc) is 2.75. The zero-order valence-corrected chi connectivity index (χ0v) is 11.9. The summed E-state index contributed by atoms with van der Waals surface area (Å²) in [5, 5.41) is 11.9. The van der Waals surface area contributed by atoms with Crippen molar-refractivity contribution in [1.82, 2.24) is 10.2 Å². The Morgan fingerprint density at radius 3 is 2.65 bits per heavy atom. The number of nitrogens with zero attached hydrogens (tertiary/aromatic N) is 1. The summed E-state index contributed by atoms with van der Waals surface area (Å²) in [5.41, 5.74) is 0.872. The van der Waals surface area contributed by atoms with Crippen molar-refractivity contribution < 1.29 is 14.7 Å². The number of imide groups is 1. The van der Waals surface area contributed by atoms with Crippen molar-refractivity contribution in [2.75, 3.05) is 13.6 Å². The van der Waals surface area contributed by atoms with Gasteiger partial charge in [0.1, 0.15) is 0 Å². The molecule has 106 valence electrons. The van der Waals surface area contributed by atoms with Crippen LogP contribution in [0.15, 0.2) is 41.4 Å². The molecule has 0 radical (unpaired) electrons. The van der Waals surface area contributed by atoms with Gasteiger partial charge in [-0.15, -0.1) is 0 Å². The van der Waals surface area contributed by atoms with Crippen LogP contribution in [0.1, 0.15) is 18.1 Å². The molecule has 2 rings (SSSR count). The van der Waals surface area contributed by atoms with E-state index in [0.29, 0.717) is 17.9 Å². The maximum Gasteiger partial charge on any atom is 0.290 e. The highest BCUT2D eigenvalue weighted by Crippen LogP contribution is 2.23. The summed E-state index contributed by atoms with van der Waals surface area (Å²) in [7, 11) is 1.81. The third-order valence-electron chi connectivity index (χ3n) is 2.92. The average molecular weight is 292 g/mol. The lowest BCUT2D eigenvalue weighted by Crippen LogP contribution is -2.20. The smallest absolute Gasteiger partial charge is 0.290 e. The highest BCUT2D eigenvalue weighted by Gasteiger charge is 2.25.